The van der Waals surface area contributed by atoms with E-state index in [4.69, 9.17) is 9.47 Å². The quantitative estimate of drug-likeness (QED) is 0.280. The van der Waals surface area contributed by atoms with Gasteiger partial charge in [0, 0.05) is 0 Å². The van der Waals surface area contributed by atoms with Crippen LogP contribution in [0, 0.1) is 13.8 Å². The average molecular weight is 402 g/mol. The van der Waals surface area contributed by atoms with Gasteiger partial charge in [0.15, 0.2) is 6.61 Å². The van der Waals surface area contributed by atoms with E-state index < -0.39 is 5.97 Å². The Morgan fingerprint density at radius 3 is 2.53 bits per heavy atom. The van der Waals surface area contributed by atoms with Crippen LogP contribution in [0.1, 0.15) is 27.0 Å². The topological polar surface area (TPSA) is 77.0 Å². The third kappa shape index (κ3) is 6.04. The standard InChI is InChI=1S/C24H22N2O4/c1-17-11-12-22(18(2)13-17)29-16-23(27)26-25-15-19-7-6-10-21(14-19)30-24(28)20-8-4-3-5-9-20/h3-15H,16H2,1-2H3,(H,26,27)/b25-15+. The van der Waals surface area contributed by atoms with Crippen molar-refractivity contribution in [3.05, 3.63) is 95.1 Å². The molecule has 0 heterocycles. The first-order valence-electron chi connectivity index (χ1n) is 9.40. The molecule has 6 heteroatoms. The van der Waals surface area contributed by atoms with E-state index in [2.05, 4.69) is 10.5 Å². The van der Waals surface area contributed by atoms with Gasteiger partial charge in [-0.05, 0) is 55.3 Å². The van der Waals surface area contributed by atoms with Crippen LogP contribution >= 0.6 is 0 Å². The summed E-state index contributed by atoms with van der Waals surface area (Å²) in [7, 11) is 0. The van der Waals surface area contributed by atoms with Crippen LogP contribution in [-0.4, -0.2) is 24.7 Å². The number of carbonyl (C=O) groups is 2. The number of aryl methyl sites for hydroxylation is 2. The molecule has 1 amide bonds. The van der Waals surface area contributed by atoms with Gasteiger partial charge in [-0.2, -0.15) is 5.10 Å². The largest absolute Gasteiger partial charge is 0.483 e. The molecule has 0 unspecified atom stereocenters. The van der Waals surface area contributed by atoms with Gasteiger partial charge in [-0.3, -0.25) is 4.79 Å². The van der Waals surface area contributed by atoms with E-state index in [1.807, 2.05) is 38.1 Å². The fourth-order valence-electron chi connectivity index (χ4n) is 2.71. The Balaban J connectivity index is 1.51. The third-order valence-corrected chi connectivity index (χ3v) is 4.17. The average Bonchev–Trinajstić information content (AvgIpc) is 2.74. The molecule has 3 rings (SSSR count). The Kier molecular flexibility index (Phi) is 6.95. The summed E-state index contributed by atoms with van der Waals surface area (Å²) in [4.78, 5) is 24.1. The number of benzene rings is 3. The molecule has 0 aromatic heterocycles. The van der Waals surface area contributed by atoms with Gasteiger partial charge in [0.05, 0.1) is 11.8 Å². The van der Waals surface area contributed by atoms with Crippen molar-refractivity contribution >= 4 is 18.1 Å². The van der Waals surface area contributed by atoms with Gasteiger partial charge in [-0.15, -0.1) is 0 Å². The summed E-state index contributed by atoms with van der Waals surface area (Å²) < 4.78 is 10.9. The van der Waals surface area contributed by atoms with Crippen molar-refractivity contribution < 1.29 is 19.1 Å². The smallest absolute Gasteiger partial charge is 0.343 e. The minimum absolute atomic E-state index is 0.143. The number of hydrazone groups is 1. The number of hydrogen-bond acceptors (Lipinski definition) is 5. The lowest BCUT2D eigenvalue weighted by atomic mass is 10.1. The summed E-state index contributed by atoms with van der Waals surface area (Å²) in [6, 6.07) is 21.3. The highest BCUT2D eigenvalue weighted by Gasteiger charge is 2.08. The van der Waals surface area contributed by atoms with Crippen molar-refractivity contribution in [2.75, 3.05) is 6.61 Å². The summed E-state index contributed by atoms with van der Waals surface area (Å²) in [6.45, 7) is 3.78. The highest BCUT2D eigenvalue weighted by molar-refractivity contribution is 5.91. The first-order chi connectivity index (χ1) is 14.5. The molecule has 0 saturated carbocycles. The first-order valence-corrected chi connectivity index (χ1v) is 9.40. The van der Waals surface area contributed by atoms with Crippen molar-refractivity contribution in [2.45, 2.75) is 13.8 Å². The molecule has 1 N–H and O–H groups in total. The normalized spacial score (nSPS) is 10.6. The van der Waals surface area contributed by atoms with Gasteiger partial charge in [0.25, 0.3) is 5.91 Å². The Labute approximate surface area is 175 Å². The van der Waals surface area contributed by atoms with Gasteiger partial charge in [0.1, 0.15) is 11.5 Å². The van der Waals surface area contributed by atoms with E-state index in [-0.39, 0.29) is 12.5 Å². The van der Waals surface area contributed by atoms with Crippen LogP contribution in [0.3, 0.4) is 0 Å². The van der Waals surface area contributed by atoms with Crippen LogP contribution in [0.4, 0.5) is 0 Å². The molecular weight excluding hydrogens is 380 g/mol. The van der Waals surface area contributed by atoms with E-state index in [9.17, 15) is 9.59 Å². The molecule has 0 spiro atoms. The predicted octanol–water partition coefficient (Wildman–Crippen LogP) is 4.05. The lowest BCUT2D eigenvalue weighted by Gasteiger charge is -2.08. The van der Waals surface area contributed by atoms with Crippen LogP contribution in [-0.2, 0) is 4.79 Å². The van der Waals surface area contributed by atoms with Crippen LogP contribution < -0.4 is 14.9 Å². The highest BCUT2D eigenvalue weighted by atomic mass is 16.5. The fraction of sp³-hybridized carbons (Fsp3) is 0.125. The second kappa shape index (κ2) is 10.0. The van der Waals surface area contributed by atoms with Crippen molar-refractivity contribution in [1.29, 1.82) is 0 Å². The van der Waals surface area contributed by atoms with Crippen molar-refractivity contribution in [3.63, 3.8) is 0 Å². The number of carbonyl (C=O) groups excluding carboxylic acids is 2. The van der Waals surface area contributed by atoms with E-state index in [1.165, 1.54) is 6.21 Å². The highest BCUT2D eigenvalue weighted by Crippen LogP contribution is 2.18. The maximum atomic E-state index is 12.1. The zero-order valence-electron chi connectivity index (χ0n) is 16.8. The zero-order chi connectivity index (χ0) is 21.3. The summed E-state index contributed by atoms with van der Waals surface area (Å²) in [5, 5.41) is 3.92. The molecule has 0 bridgehead atoms. The molecule has 0 aliphatic heterocycles. The van der Waals surface area contributed by atoms with Crippen LogP contribution in [0.2, 0.25) is 0 Å². The Morgan fingerprint density at radius 2 is 1.77 bits per heavy atom. The molecule has 30 heavy (non-hydrogen) atoms. The Morgan fingerprint density at radius 1 is 0.967 bits per heavy atom. The minimum Gasteiger partial charge on any atom is -0.483 e. The van der Waals surface area contributed by atoms with E-state index in [1.54, 1.807) is 48.5 Å². The SMILES string of the molecule is Cc1ccc(OCC(=O)N/N=C/c2cccc(OC(=O)c3ccccc3)c2)c(C)c1. The first kappa shape index (κ1) is 20.8. The van der Waals surface area contributed by atoms with Crippen LogP contribution in [0.5, 0.6) is 11.5 Å². The molecule has 152 valence electrons. The number of amides is 1. The number of nitrogens with one attached hydrogen (secondary N) is 1. The lowest BCUT2D eigenvalue weighted by molar-refractivity contribution is -0.123. The monoisotopic (exact) mass is 402 g/mol. The van der Waals surface area contributed by atoms with E-state index in [0.717, 1.165) is 11.1 Å². The second-order valence-corrected chi connectivity index (χ2v) is 6.68. The summed E-state index contributed by atoms with van der Waals surface area (Å²) in [5.74, 6) is 0.226. The molecule has 0 fully saturated rings. The molecule has 3 aromatic rings. The number of hydrogen-bond donors (Lipinski definition) is 1. The van der Waals surface area contributed by atoms with Gasteiger partial charge >= 0.3 is 5.97 Å². The van der Waals surface area contributed by atoms with Gasteiger partial charge in [-0.1, -0.05) is 48.0 Å². The predicted molar refractivity (Wildman–Crippen MR) is 115 cm³/mol. The van der Waals surface area contributed by atoms with Crippen molar-refractivity contribution in [3.8, 4) is 11.5 Å². The molecule has 0 radical (unpaired) electrons. The van der Waals surface area contributed by atoms with Gasteiger partial charge < -0.3 is 9.47 Å². The van der Waals surface area contributed by atoms with Crippen LogP contribution in [0.25, 0.3) is 0 Å². The fourth-order valence-corrected chi connectivity index (χ4v) is 2.71. The lowest BCUT2D eigenvalue weighted by Crippen LogP contribution is -2.24. The summed E-state index contributed by atoms with van der Waals surface area (Å²) in [6.07, 6.45) is 1.47. The molecule has 0 aliphatic carbocycles. The maximum Gasteiger partial charge on any atom is 0.343 e. The minimum atomic E-state index is -0.443. The zero-order valence-corrected chi connectivity index (χ0v) is 16.8. The van der Waals surface area contributed by atoms with E-state index >= 15 is 0 Å². The van der Waals surface area contributed by atoms with Gasteiger partial charge in [0.2, 0.25) is 0 Å². The number of esters is 1. The summed E-state index contributed by atoms with van der Waals surface area (Å²) in [5.41, 5.74) is 5.65. The number of rotatable bonds is 7. The third-order valence-electron chi connectivity index (χ3n) is 4.17. The Bertz CT molecular complexity index is 1060. The van der Waals surface area contributed by atoms with Crippen LogP contribution in [0.15, 0.2) is 77.9 Å². The molecular formula is C24H22N2O4. The molecule has 6 nitrogen and oxygen atoms in total. The van der Waals surface area contributed by atoms with Crippen molar-refractivity contribution in [1.82, 2.24) is 5.43 Å². The maximum absolute atomic E-state index is 12.1. The molecule has 0 saturated heterocycles. The van der Waals surface area contributed by atoms with Gasteiger partial charge in [-0.25, -0.2) is 10.2 Å². The number of nitrogens with zero attached hydrogens (tertiary/aromatic N) is 1. The molecule has 0 atom stereocenters. The number of ether oxygens (including phenoxy) is 2. The second-order valence-electron chi connectivity index (χ2n) is 6.68. The molecule has 0 aliphatic rings. The Hall–Kier alpha value is -3.93. The van der Waals surface area contributed by atoms with Crippen molar-refractivity contribution in [2.24, 2.45) is 5.10 Å². The molecule has 3 aromatic carbocycles. The van der Waals surface area contributed by atoms with E-state index in [0.29, 0.717) is 22.6 Å². The summed E-state index contributed by atoms with van der Waals surface area (Å²) >= 11 is 0.